The lowest BCUT2D eigenvalue weighted by Crippen LogP contribution is -2.49. The summed E-state index contributed by atoms with van der Waals surface area (Å²) >= 11 is 0. The van der Waals surface area contributed by atoms with E-state index < -0.39 is 0 Å². The zero-order valence-electron chi connectivity index (χ0n) is 16.8. The minimum absolute atomic E-state index is 0.00372. The normalized spacial score (nSPS) is 19.3. The van der Waals surface area contributed by atoms with Crippen molar-refractivity contribution in [2.24, 2.45) is 0 Å². The first-order chi connectivity index (χ1) is 14.8. The number of anilines is 1. The summed E-state index contributed by atoms with van der Waals surface area (Å²) in [6.07, 6.45) is 2.70. The molecule has 3 aromatic rings. The van der Waals surface area contributed by atoms with E-state index in [4.69, 9.17) is 9.72 Å². The standard InChI is InChI=1S/C23H25N5O2/c29-23(27-11-13-30-14-12-27)25-20-8-10-28(16-20)22-24-9-7-21(26-22)19-6-5-17-3-1-2-4-18(17)15-19/h1-7,9,15,20H,8,10-14,16H2,(H,25,29)/t20-/m1/s1. The molecule has 3 heterocycles. The van der Waals surface area contributed by atoms with Crippen molar-refractivity contribution in [3.05, 3.63) is 54.7 Å². The molecule has 2 aliphatic heterocycles. The number of hydrogen-bond donors (Lipinski definition) is 1. The Morgan fingerprint density at radius 3 is 2.73 bits per heavy atom. The van der Waals surface area contributed by atoms with Gasteiger partial charge in [0, 0.05) is 44.0 Å². The Balaban J connectivity index is 1.28. The molecule has 0 spiro atoms. The van der Waals surface area contributed by atoms with E-state index in [0.717, 1.165) is 30.8 Å². The number of nitrogens with zero attached hydrogens (tertiary/aromatic N) is 4. The number of carbonyl (C=O) groups is 1. The zero-order chi connectivity index (χ0) is 20.3. The molecule has 7 nitrogen and oxygen atoms in total. The predicted octanol–water partition coefficient (Wildman–Crippen LogP) is 2.92. The van der Waals surface area contributed by atoms with Crippen molar-refractivity contribution in [3.63, 3.8) is 0 Å². The third-order valence-electron chi connectivity index (χ3n) is 5.79. The summed E-state index contributed by atoms with van der Waals surface area (Å²) in [6, 6.07) is 16.8. The number of ether oxygens (including phenoxy) is 1. The molecule has 0 radical (unpaired) electrons. The van der Waals surface area contributed by atoms with Crippen LogP contribution in [0.1, 0.15) is 6.42 Å². The first-order valence-electron chi connectivity index (χ1n) is 10.5. The Labute approximate surface area is 175 Å². The van der Waals surface area contributed by atoms with Gasteiger partial charge in [-0.2, -0.15) is 0 Å². The van der Waals surface area contributed by atoms with Gasteiger partial charge in [-0.05, 0) is 29.3 Å². The molecule has 7 heteroatoms. The van der Waals surface area contributed by atoms with Crippen molar-refractivity contribution in [1.29, 1.82) is 0 Å². The van der Waals surface area contributed by atoms with Gasteiger partial charge in [-0.25, -0.2) is 14.8 Å². The fraction of sp³-hybridized carbons (Fsp3) is 0.348. The molecule has 5 rings (SSSR count). The summed E-state index contributed by atoms with van der Waals surface area (Å²) in [4.78, 5) is 25.7. The maximum absolute atomic E-state index is 12.5. The lowest BCUT2D eigenvalue weighted by atomic mass is 10.1. The molecule has 0 saturated carbocycles. The van der Waals surface area contributed by atoms with E-state index in [0.29, 0.717) is 32.3 Å². The Kier molecular flexibility index (Phi) is 5.19. The molecule has 2 fully saturated rings. The summed E-state index contributed by atoms with van der Waals surface area (Å²) in [5.41, 5.74) is 1.99. The van der Waals surface area contributed by atoms with Crippen LogP contribution in [0.4, 0.5) is 10.7 Å². The molecule has 2 aromatic carbocycles. The van der Waals surface area contributed by atoms with Crippen molar-refractivity contribution < 1.29 is 9.53 Å². The fourth-order valence-electron chi connectivity index (χ4n) is 4.10. The van der Waals surface area contributed by atoms with Crippen molar-refractivity contribution in [1.82, 2.24) is 20.2 Å². The average molecular weight is 403 g/mol. The smallest absolute Gasteiger partial charge is 0.317 e. The number of amides is 2. The maximum atomic E-state index is 12.5. The minimum Gasteiger partial charge on any atom is -0.378 e. The Hall–Kier alpha value is -3.19. The van der Waals surface area contributed by atoms with Gasteiger partial charge >= 0.3 is 6.03 Å². The summed E-state index contributed by atoms with van der Waals surface area (Å²) in [7, 11) is 0. The molecule has 1 aromatic heterocycles. The molecule has 1 atom stereocenters. The van der Waals surface area contributed by atoms with Crippen LogP contribution in [0.3, 0.4) is 0 Å². The summed E-state index contributed by atoms with van der Waals surface area (Å²) < 4.78 is 5.32. The quantitative estimate of drug-likeness (QED) is 0.728. The molecular weight excluding hydrogens is 378 g/mol. The third-order valence-corrected chi connectivity index (χ3v) is 5.79. The number of urea groups is 1. The summed E-state index contributed by atoms with van der Waals surface area (Å²) in [5, 5.41) is 5.56. The number of rotatable bonds is 3. The van der Waals surface area contributed by atoms with E-state index >= 15 is 0 Å². The molecule has 0 unspecified atom stereocenters. The molecule has 154 valence electrons. The number of morpholine rings is 1. The fourth-order valence-corrected chi connectivity index (χ4v) is 4.10. The highest BCUT2D eigenvalue weighted by Crippen LogP contribution is 2.25. The van der Waals surface area contributed by atoms with E-state index in [-0.39, 0.29) is 12.1 Å². The number of aromatic nitrogens is 2. The number of benzene rings is 2. The van der Waals surface area contributed by atoms with Crippen LogP contribution >= 0.6 is 0 Å². The van der Waals surface area contributed by atoms with E-state index in [1.807, 2.05) is 29.3 Å². The van der Waals surface area contributed by atoms with Crippen molar-refractivity contribution >= 4 is 22.8 Å². The van der Waals surface area contributed by atoms with E-state index in [1.165, 1.54) is 10.8 Å². The second kappa shape index (κ2) is 8.28. The second-order valence-electron chi connectivity index (χ2n) is 7.78. The van der Waals surface area contributed by atoms with Crippen LogP contribution < -0.4 is 10.2 Å². The van der Waals surface area contributed by atoms with Gasteiger partial charge < -0.3 is 19.9 Å². The molecule has 0 bridgehead atoms. The first-order valence-corrected chi connectivity index (χ1v) is 10.5. The highest BCUT2D eigenvalue weighted by molar-refractivity contribution is 5.86. The molecule has 0 aliphatic carbocycles. The van der Waals surface area contributed by atoms with Gasteiger partial charge in [0.05, 0.1) is 18.9 Å². The Morgan fingerprint density at radius 2 is 1.87 bits per heavy atom. The molecule has 2 aliphatic rings. The van der Waals surface area contributed by atoms with Crippen LogP contribution in [0.5, 0.6) is 0 Å². The first kappa shape index (κ1) is 18.8. The van der Waals surface area contributed by atoms with Crippen LogP contribution in [-0.2, 0) is 4.74 Å². The van der Waals surface area contributed by atoms with Crippen molar-refractivity contribution in [2.45, 2.75) is 12.5 Å². The predicted molar refractivity (Wildman–Crippen MR) is 117 cm³/mol. The molecule has 1 N–H and O–H groups in total. The topological polar surface area (TPSA) is 70.6 Å². The van der Waals surface area contributed by atoms with E-state index in [9.17, 15) is 4.79 Å². The van der Waals surface area contributed by atoms with Gasteiger partial charge in [0.1, 0.15) is 0 Å². The van der Waals surface area contributed by atoms with Gasteiger partial charge in [0.15, 0.2) is 0 Å². The van der Waals surface area contributed by atoms with Crippen LogP contribution in [-0.4, -0.2) is 66.3 Å². The minimum atomic E-state index is -0.00372. The van der Waals surface area contributed by atoms with Gasteiger partial charge in [-0.1, -0.05) is 36.4 Å². The average Bonchev–Trinajstić information content (AvgIpc) is 3.28. The van der Waals surface area contributed by atoms with E-state index in [1.54, 1.807) is 0 Å². The highest BCUT2D eigenvalue weighted by Gasteiger charge is 2.27. The van der Waals surface area contributed by atoms with Crippen LogP contribution in [0, 0.1) is 0 Å². The third kappa shape index (κ3) is 3.93. The van der Waals surface area contributed by atoms with Crippen molar-refractivity contribution in [3.8, 4) is 11.3 Å². The lowest BCUT2D eigenvalue weighted by molar-refractivity contribution is 0.0526. The number of nitrogens with one attached hydrogen (secondary N) is 1. The second-order valence-corrected chi connectivity index (χ2v) is 7.78. The Bertz CT molecular complexity index is 1050. The molecular formula is C23H25N5O2. The number of hydrogen-bond acceptors (Lipinski definition) is 5. The van der Waals surface area contributed by atoms with Crippen molar-refractivity contribution in [2.75, 3.05) is 44.3 Å². The summed E-state index contributed by atoms with van der Waals surface area (Å²) in [5.74, 6) is 0.712. The maximum Gasteiger partial charge on any atom is 0.317 e. The van der Waals surface area contributed by atoms with Gasteiger partial charge in [0.2, 0.25) is 5.95 Å². The molecule has 2 amide bonds. The largest absolute Gasteiger partial charge is 0.378 e. The van der Waals surface area contributed by atoms with Gasteiger partial charge in [0.25, 0.3) is 0 Å². The monoisotopic (exact) mass is 403 g/mol. The van der Waals surface area contributed by atoms with Crippen LogP contribution in [0.15, 0.2) is 54.7 Å². The SMILES string of the molecule is O=C(N[C@@H]1CCN(c2nccc(-c3ccc4ccccc4c3)n2)C1)N1CCOCC1. The number of fused-ring (bicyclic) bond motifs is 1. The number of carbonyl (C=O) groups excluding carboxylic acids is 1. The molecule has 30 heavy (non-hydrogen) atoms. The zero-order valence-corrected chi connectivity index (χ0v) is 16.8. The Morgan fingerprint density at radius 1 is 1.03 bits per heavy atom. The van der Waals surface area contributed by atoms with Crippen LogP contribution in [0.25, 0.3) is 22.0 Å². The lowest BCUT2D eigenvalue weighted by Gasteiger charge is -2.28. The van der Waals surface area contributed by atoms with Gasteiger partial charge in [-0.15, -0.1) is 0 Å². The molecule has 2 saturated heterocycles. The summed E-state index contributed by atoms with van der Waals surface area (Å²) in [6.45, 7) is 4.07. The van der Waals surface area contributed by atoms with E-state index in [2.05, 4.69) is 45.5 Å². The highest BCUT2D eigenvalue weighted by atomic mass is 16.5. The van der Waals surface area contributed by atoms with Gasteiger partial charge in [-0.3, -0.25) is 0 Å². The van der Waals surface area contributed by atoms with Crippen LogP contribution in [0.2, 0.25) is 0 Å².